The van der Waals surface area contributed by atoms with Gasteiger partial charge in [0.25, 0.3) is 6.36 Å². The van der Waals surface area contributed by atoms with Gasteiger partial charge in [0.15, 0.2) is 0 Å². The lowest BCUT2D eigenvalue weighted by Gasteiger charge is -2.35. The van der Waals surface area contributed by atoms with Crippen molar-refractivity contribution in [1.82, 2.24) is 0 Å². The first-order chi connectivity index (χ1) is 9.81. The second-order valence-electron chi connectivity index (χ2n) is 3.49. The number of hydrogen-bond acceptors (Lipinski definition) is 8. The maximum absolute atomic E-state index is 13.5. The van der Waals surface area contributed by atoms with Crippen LogP contribution in [0, 0.1) is 0 Å². The second-order valence-corrected chi connectivity index (χ2v) is 3.99. The van der Waals surface area contributed by atoms with Gasteiger partial charge in [-0.1, -0.05) is 0 Å². The van der Waals surface area contributed by atoms with Crippen molar-refractivity contribution in [2.45, 2.75) is 30.0 Å². The van der Waals surface area contributed by atoms with Crippen LogP contribution in [0.25, 0.3) is 0 Å². The molecule has 0 saturated carbocycles. The zero-order chi connectivity index (χ0) is 17.2. The van der Waals surface area contributed by atoms with E-state index in [9.17, 15) is 26.3 Å². The van der Waals surface area contributed by atoms with E-state index < -0.39 is 43.3 Å². The van der Waals surface area contributed by atoms with E-state index in [0.29, 0.717) is 0 Å². The van der Waals surface area contributed by atoms with Crippen LogP contribution >= 0.6 is 11.6 Å². The number of hydrogen-bond donors (Lipinski definition) is 2. The average molecular weight is 369 g/mol. The molecule has 0 aliphatic carbocycles. The number of aliphatic hydroxyl groups is 2. The van der Waals surface area contributed by atoms with Crippen LogP contribution in [0.1, 0.15) is 0 Å². The molecule has 1 aliphatic heterocycles. The van der Waals surface area contributed by atoms with E-state index in [4.69, 9.17) is 21.8 Å². The SMILES string of the molecule is OC(F)C1(F)OCCOC(Cl)(C(F)(F)OOC(O)(F)F)OO1. The Hall–Kier alpha value is -0.450. The van der Waals surface area contributed by atoms with Crippen LogP contribution in [0.3, 0.4) is 0 Å². The topological polar surface area (TPSA) is 95.8 Å². The predicted molar refractivity (Wildman–Crippen MR) is 47.9 cm³/mol. The van der Waals surface area contributed by atoms with E-state index in [1.807, 2.05) is 0 Å². The summed E-state index contributed by atoms with van der Waals surface area (Å²) in [6.45, 7) is -2.00. The zero-order valence-electron chi connectivity index (χ0n) is 9.98. The van der Waals surface area contributed by atoms with E-state index in [2.05, 4.69) is 29.0 Å². The lowest BCUT2D eigenvalue weighted by atomic mass is 10.5. The van der Waals surface area contributed by atoms with Crippen molar-refractivity contribution in [3.8, 4) is 0 Å². The summed E-state index contributed by atoms with van der Waals surface area (Å²) in [6.07, 6.45) is -13.8. The molecule has 22 heavy (non-hydrogen) atoms. The first kappa shape index (κ1) is 19.6. The van der Waals surface area contributed by atoms with Crippen molar-refractivity contribution in [2.24, 2.45) is 0 Å². The largest absolute Gasteiger partial charge is 0.510 e. The molecule has 1 rings (SSSR count). The smallest absolute Gasteiger partial charge is 0.358 e. The Labute approximate surface area is 121 Å². The van der Waals surface area contributed by atoms with Crippen molar-refractivity contribution >= 4 is 11.6 Å². The summed E-state index contributed by atoms with van der Waals surface area (Å²) in [5.74, 6) is 0. The Morgan fingerprint density at radius 1 is 1.09 bits per heavy atom. The maximum atomic E-state index is 13.5. The molecule has 0 aromatic heterocycles. The Bertz CT molecular complexity index is 382. The monoisotopic (exact) mass is 368 g/mol. The van der Waals surface area contributed by atoms with Gasteiger partial charge in [-0.2, -0.15) is 22.9 Å². The molecule has 0 radical (unpaired) electrons. The van der Waals surface area contributed by atoms with E-state index in [0.717, 1.165) is 0 Å². The highest BCUT2D eigenvalue weighted by Gasteiger charge is 2.64. The summed E-state index contributed by atoms with van der Waals surface area (Å²) in [4.78, 5) is 12.4. The fourth-order valence-corrected chi connectivity index (χ4v) is 1.05. The minimum absolute atomic E-state index is 0.984. The van der Waals surface area contributed by atoms with Crippen molar-refractivity contribution < 1.29 is 65.6 Å². The normalized spacial score (nSPS) is 33.1. The standard InChI is InChI=1S/C7H7ClF6O8/c8-5(6(11,12)21-22-7(13,14)16)18-2-1-17-4(10,3(9)15)19-20-5/h3,15-16H,1-2H2. The van der Waals surface area contributed by atoms with Crippen LogP contribution in [0.5, 0.6) is 0 Å². The molecule has 3 unspecified atom stereocenters. The molecule has 3 atom stereocenters. The van der Waals surface area contributed by atoms with Crippen molar-refractivity contribution in [2.75, 3.05) is 13.2 Å². The van der Waals surface area contributed by atoms with Gasteiger partial charge in [-0.15, -0.1) is 18.6 Å². The van der Waals surface area contributed by atoms with Gasteiger partial charge in [0, 0.05) is 0 Å². The predicted octanol–water partition coefficient (Wildman–Crippen LogP) is 0.869. The molecule has 8 nitrogen and oxygen atoms in total. The number of rotatable bonds is 5. The minimum atomic E-state index is -5.15. The highest BCUT2D eigenvalue weighted by molar-refractivity contribution is 6.22. The van der Waals surface area contributed by atoms with Crippen LogP contribution < -0.4 is 0 Å². The van der Waals surface area contributed by atoms with Gasteiger partial charge in [0.2, 0.25) is 0 Å². The molecular weight excluding hydrogens is 362 g/mol. The summed E-state index contributed by atoms with van der Waals surface area (Å²) in [7, 11) is 0. The molecule has 1 saturated heterocycles. The lowest BCUT2D eigenvalue weighted by Crippen LogP contribution is -2.55. The van der Waals surface area contributed by atoms with Gasteiger partial charge >= 0.3 is 23.7 Å². The van der Waals surface area contributed by atoms with Gasteiger partial charge in [-0.05, 0) is 11.6 Å². The van der Waals surface area contributed by atoms with Crippen molar-refractivity contribution in [1.29, 1.82) is 0 Å². The van der Waals surface area contributed by atoms with Crippen LogP contribution in [0.4, 0.5) is 26.3 Å². The van der Waals surface area contributed by atoms with E-state index in [-0.39, 0.29) is 0 Å². The summed E-state index contributed by atoms with van der Waals surface area (Å²) in [5, 5.41) is 12.2. The quantitative estimate of drug-likeness (QED) is 0.243. The van der Waals surface area contributed by atoms with Crippen LogP contribution in [-0.4, -0.2) is 53.5 Å². The minimum Gasteiger partial charge on any atom is -0.358 e. The summed E-state index contributed by atoms with van der Waals surface area (Å²) >= 11 is 5.03. The molecule has 0 amide bonds. The van der Waals surface area contributed by atoms with E-state index in [1.165, 1.54) is 0 Å². The van der Waals surface area contributed by atoms with Gasteiger partial charge < -0.3 is 19.7 Å². The van der Waals surface area contributed by atoms with Crippen LogP contribution in [0.2, 0.25) is 0 Å². The Morgan fingerprint density at radius 2 is 1.64 bits per heavy atom. The van der Waals surface area contributed by atoms with Gasteiger partial charge in [-0.3, -0.25) is 0 Å². The van der Waals surface area contributed by atoms with Crippen LogP contribution in [0.15, 0.2) is 0 Å². The van der Waals surface area contributed by atoms with Crippen molar-refractivity contribution in [3.05, 3.63) is 0 Å². The highest BCUT2D eigenvalue weighted by atomic mass is 35.5. The summed E-state index contributed by atoms with van der Waals surface area (Å²) in [5.41, 5.74) is 0. The summed E-state index contributed by atoms with van der Waals surface area (Å²) in [6, 6.07) is -4.07. The van der Waals surface area contributed by atoms with Crippen molar-refractivity contribution in [3.63, 3.8) is 0 Å². The fourth-order valence-electron chi connectivity index (χ4n) is 0.906. The van der Waals surface area contributed by atoms with Gasteiger partial charge in [-0.25, -0.2) is 4.39 Å². The first-order valence-corrected chi connectivity index (χ1v) is 5.39. The number of ether oxygens (including phenoxy) is 2. The molecular formula is C7H7ClF6O8. The van der Waals surface area contributed by atoms with Gasteiger partial charge in [0.1, 0.15) is 0 Å². The maximum Gasteiger partial charge on any atom is 0.510 e. The molecule has 1 fully saturated rings. The fraction of sp³-hybridized carbons (Fsp3) is 1.00. The third-order valence-corrected chi connectivity index (χ3v) is 2.20. The van der Waals surface area contributed by atoms with Gasteiger partial charge in [0.05, 0.1) is 13.2 Å². The molecule has 132 valence electrons. The Kier molecular flexibility index (Phi) is 5.86. The third-order valence-electron chi connectivity index (χ3n) is 1.81. The molecule has 0 spiro atoms. The third kappa shape index (κ3) is 4.77. The number of alkyl halides is 7. The number of halogens is 7. The molecule has 2 N–H and O–H groups in total. The Morgan fingerprint density at radius 3 is 2.14 bits per heavy atom. The van der Waals surface area contributed by atoms with Crippen LogP contribution in [-0.2, 0) is 29.0 Å². The molecule has 15 heteroatoms. The zero-order valence-corrected chi connectivity index (χ0v) is 10.7. The Balaban J connectivity index is 2.85. The lowest BCUT2D eigenvalue weighted by molar-refractivity contribution is -0.625. The molecule has 0 aromatic carbocycles. The summed E-state index contributed by atoms with van der Waals surface area (Å²) < 4.78 is 84.6. The van der Waals surface area contributed by atoms with E-state index in [1.54, 1.807) is 0 Å². The second kappa shape index (κ2) is 6.58. The molecule has 0 bridgehead atoms. The average Bonchev–Trinajstić information content (AvgIpc) is 2.36. The molecule has 0 aromatic rings. The molecule has 1 aliphatic rings. The molecule has 1 heterocycles. The first-order valence-electron chi connectivity index (χ1n) is 5.01. The van der Waals surface area contributed by atoms with E-state index >= 15 is 0 Å². The number of aliphatic hydroxyl groups excluding tert-OH is 1. The highest BCUT2D eigenvalue weighted by Crippen LogP contribution is 2.42.